The van der Waals surface area contributed by atoms with Crippen LogP contribution < -0.4 is 15.4 Å². The number of carbonyl (C=O) groups excluding carboxylic acids is 1. The van der Waals surface area contributed by atoms with Gasteiger partial charge in [-0.25, -0.2) is 4.79 Å². The minimum atomic E-state index is -0.452. The summed E-state index contributed by atoms with van der Waals surface area (Å²) in [5.41, 5.74) is 2.34. The van der Waals surface area contributed by atoms with Gasteiger partial charge >= 0.3 is 6.03 Å². The number of thioether (sulfide) groups is 1. The van der Waals surface area contributed by atoms with Crippen molar-refractivity contribution in [2.24, 2.45) is 0 Å². The summed E-state index contributed by atoms with van der Waals surface area (Å²) >= 11 is 1.48. The van der Waals surface area contributed by atoms with E-state index in [1.165, 1.54) is 23.9 Å². The fourth-order valence-corrected chi connectivity index (χ4v) is 4.18. The van der Waals surface area contributed by atoms with Gasteiger partial charge in [0.25, 0.3) is 5.69 Å². The molecule has 0 aliphatic heterocycles. The van der Waals surface area contributed by atoms with Crippen molar-refractivity contribution in [1.29, 1.82) is 0 Å². The van der Waals surface area contributed by atoms with Crippen LogP contribution in [0.5, 0.6) is 5.75 Å². The van der Waals surface area contributed by atoms with E-state index in [2.05, 4.69) is 20.8 Å². The molecule has 0 unspecified atom stereocenters. The first-order valence-electron chi connectivity index (χ1n) is 10.6. The van der Waals surface area contributed by atoms with Crippen molar-refractivity contribution in [2.45, 2.75) is 17.5 Å². The fraction of sp³-hybridized carbons (Fsp3) is 0.125. The van der Waals surface area contributed by atoms with Crippen molar-refractivity contribution in [3.63, 3.8) is 0 Å². The molecule has 3 aromatic carbocycles. The molecular weight excluding hydrogens is 468 g/mol. The number of amides is 2. The minimum absolute atomic E-state index is 0.0161. The summed E-state index contributed by atoms with van der Waals surface area (Å²) in [4.78, 5) is 23.1. The summed E-state index contributed by atoms with van der Waals surface area (Å²) in [5.74, 6) is 1.77. The van der Waals surface area contributed by atoms with Crippen LogP contribution >= 0.6 is 11.8 Å². The molecule has 1 aromatic heterocycles. The van der Waals surface area contributed by atoms with Gasteiger partial charge in [-0.3, -0.25) is 14.7 Å². The lowest BCUT2D eigenvalue weighted by Gasteiger charge is -2.12. The third kappa shape index (κ3) is 6.15. The maximum atomic E-state index is 12.5. The molecule has 0 aliphatic carbocycles. The average Bonchev–Trinajstić information content (AvgIpc) is 3.29. The Hall–Kier alpha value is -4.38. The Bertz CT molecular complexity index is 1310. The van der Waals surface area contributed by atoms with Crippen molar-refractivity contribution in [3.05, 3.63) is 100 Å². The molecule has 0 spiro atoms. The second-order valence-electron chi connectivity index (χ2n) is 7.32. The number of non-ortho nitro benzene ring substituents is 1. The Kier molecular flexibility index (Phi) is 7.58. The third-order valence-electron chi connectivity index (χ3n) is 4.96. The van der Waals surface area contributed by atoms with Crippen molar-refractivity contribution < 1.29 is 14.5 Å². The number of methoxy groups -OCH3 is 1. The molecule has 0 aliphatic rings. The average molecular weight is 491 g/mol. The van der Waals surface area contributed by atoms with Gasteiger partial charge < -0.3 is 15.4 Å². The highest BCUT2D eigenvalue weighted by molar-refractivity contribution is 7.98. The molecule has 1 heterocycles. The Morgan fingerprint density at radius 2 is 1.83 bits per heavy atom. The largest absolute Gasteiger partial charge is 0.497 e. The molecule has 11 heteroatoms. The van der Waals surface area contributed by atoms with E-state index in [0.29, 0.717) is 33.9 Å². The van der Waals surface area contributed by atoms with E-state index in [-0.39, 0.29) is 12.2 Å². The lowest BCUT2D eigenvalue weighted by Crippen LogP contribution is -2.29. The van der Waals surface area contributed by atoms with E-state index >= 15 is 0 Å². The highest BCUT2D eigenvalue weighted by Crippen LogP contribution is 2.26. The fourth-order valence-electron chi connectivity index (χ4n) is 3.25. The SMILES string of the molecule is COc1cccc(NC(=O)NCc2nnc(SCc3ccccc3)n2-c2ccc([N+](=O)[O-])cc2)c1. The van der Waals surface area contributed by atoms with Gasteiger partial charge in [-0.15, -0.1) is 10.2 Å². The standard InChI is InChI=1S/C24H22N6O4S/c1-34-21-9-5-8-18(14-21)26-23(31)25-15-22-27-28-24(35-16-17-6-3-2-4-7-17)29(22)19-10-12-20(13-11-19)30(32)33/h2-14H,15-16H2,1H3,(H2,25,26,31). The van der Waals surface area contributed by atoms with Gasteiger partial charge in [0.1, 0.15) is 5.75 Å². The Labute approximate surface area is 205 Å². The van der Waals surface area contributed by atoms with Crippen LogP contribution in [0, 0.1) is 10.1 Å². The zero-order valence-electron chi connectivity index (χ0n) is 18.7. The van der Waals surface area contributed by atoms with Crippen LogP contribution in [0.2, 0.25) is 0 Å². The molecule has 4 aromatic rings. The quantitative estimate of drug-likeness (QED) is 0.196. The Balaban J connectivity index is 1.52. The van der Waals surface area contributed by atoms with Gasteiger partial charge in [-0.1, -0.05) is 48.2 Å². The maximum absolute atomic E-state index is 12.5. The van der Waals surface area contributed by atoms with E-state index in [9.17, 15) is 14.9 Å². The summed E-state index contributed by atoms with van der Waals surface area (Å²) in [7, 11) is 1.55. The third-order valence-corrected chi connectivity index (χ3v) is 5.96. The Morgan fingerprint density at radius 3 is 2.54 bits per heavy atom. The zero-order valence-corrected chi connectivity index (χ0v) is 19.6. The van der Waals surface area contributed by atoms with Crippen LogP contribution in [-0.4, -0.2) is 32.8 Å². The highest BCUT2D eigenvalue weighted by Gasteiger charge is 2.17. The molecule has 4 rings (SSSR count). The number of benzene rings is 3. The van der Waals surface area contributed by atoms with E-state index in [1.807, 2.05) is 30.3 Å². The normalized spacial score (nSPS) is 10.5. The number of hydrogen-bond donors (Lipinski definition) is 2. The van der Waals surface area contributed by atoms with Crippen molar-refractivity contribution in [2.75, 3.05) is 12.4 Å². The molecular formula is C24H22N6O4S. The minimum Gasteiger partial charge on any atom is -0.497 e. The number of aromatic nitrogens is 3. The van der Waals surface area contributed by atoms with Crippen LogP contribution in [0.3, 0.4) is 0 Å². The lowest BCUT2D eigenvalue weighted by molar-refractivity contribution is -0.384. The highest BCUT2D eigenvalue weighted by atomic mass is 32.2. The summed E-state index contributed by atoms with van der Waals surface area (Å²) in [5, 5.41) is 25.8. The van der Waals surface area contributed by atoms with Gasteiger partial charge in [-0.05, 0) is 29.8 Å². The van der Waals surface area contributed by atoms with Gasteiger partial charge in [0.2, 0.25) is 0 Å². The smallest absolute Gasteiger partial charge is 0.319 e. The molecule has 35 heavy (non-hydrogen) atoms. The number of carbonyl (C=O) groups is 1. The van der Waals surface area contributed by atoms with Crippen LogP contribution in [0.25, 0.3) is 5.69 Å². The summed E-state index contributed by atoms with van der Waals surface area (Å²) < 4.78 is 6.95. The van der Waals surface area contributed by atoms with Gasteiger partial charge in [0, 0.05) is 35.3 Å². The number of rotatable bonds is 9. The summed E-state index contributed by atoms with van der Waals surface area (Å²) in [6, 6.07) is 22.6. The van der Waals surface area contributed by atoms with E-state index < -0.39 is 11.0 Å². The molecule has 2 N–H and O–H groups in total. The molecule has 10 nitrogen and oxygen atoms in total. The van der Waals surface area contributed by atoms with E-state index in [4.69, 9.17) is 4.74 Å². The number of nitrogens with one attached hydrogen (secondary N) is 2. The Morgan fingerprint density at radius 1 is 1.06 bits per heavy atom. The van der Waals surface area contributed by atoms with Crippen LogP contribution in [0.15, 0.2) is 84.0 Å². The second kappa shape index (κ2) is 11.2. The predicted molar refractivity (Wildman–Crippen MR) is 133 cm³/mol. The molecule has 178 valence electrons. The topological polar surface area (TPSA) is 124 Å². The predicted octanol–water partition coefficient (Wildman–Crippen LogP) is 4.80. The number of hydrogen-bond acceptors (Lipinski definition) is 7. The summed E-state index contributed by atoms with van der Waals surface area (Å²) in [6.07, 6.45) is 0. The first kappa shape index (κ1) is 23.8. The second-order valence-corrected chi connectivity index (χ2v) is 8.26. The van der Waals surface area contributed by atoms with Crippen LogP contribution in [0.4, 0.5) is 16.2 Å². The molecule has 0 bridgehead atoms. The van der Waals surface area contributed by atoms with E-state index in [0.717, 1.165) is 5.56 Å². The number of urea groups is 1. The van der Waals surface area contributed by atoms with Crippen LogP contribution in [0.1, 0.15) is 11.4 Å². The van der Waals surface area contributed by atoms with Crippen molar-refractivity contribution in [1.82, 2.24) is 20.1 Å². The number of nitro groups is 1. The molecule has 0 atom stereocenters. The molecule has 0 saturated heterocycles. The first-order chi connectivity index (χ1) is 17.0. The zero-order chi connectivity index (χ0) is 24.6. The molecule has 0 saturated carbocycles. The van der Waals surface area contributed by atoms with Crippen molar-refractivity contribution >= 4 is 29.2 Å². The number of nitrogens with zero attached hydrogens (tertiary/aromatic N) is 4. The lowest BCUT2D eigenvalue weighted by atomic mass is 10.2. The molecule has 0 radical (unpaired) electrons. The van der Waals surface area contributed by atoms with Gasteiger partial charge in [-0.2, -0.15) is 0 Å². The molecule has 2 amide bonds. The van der Waals surface area contributed by atoms with Gasteiger partial charge in [0.15, 0.2) is 11.0 Å². The first-order valence-corrected chi connectivity index (χ1v) is 11.6. The number of nitro benzene ring substituents is 1. The monoisotopic (exact) mass is 490 g/mol. The van der Waals surface area contributed by atoms with Gasteiger partial charge in [0.05, 0.1) is 18.6 Å². The summed E-state index contributed by atoms with van der Waals surface area (Å²) in [6.45, 7) is 0.0890. The maximum Gasteiger partial charge on any atom is 0.319 e. The van der Waals surface area contributed by atoms with Crippen molar-refractivity contribution in [3.8, 4) is 11.4 Å². The number of ether oxygens (including phenoxy) is 1. The van der Waals surface area contributed by atoms with E-state index in [1.54, 1.807) is 48.1 Å². The number of anilines is 1. The van der Waals surface area contributed by atoms with Crippen LogP contribution in [-0.2, 0) is 12.3 Å². The molecule has 0 fully saturated rings.